The number of carbonyl (C=O) groups excluding carboxylic acids is 1. The van der Waals surface area contributed by atoms with Crippen molar-refractivity contribution < 1.29 is 33.6 Å². The fourth-order valence-electron chi connectivity index (χ4n) is 2.25. The Bertz CT molecular complexity index is 514. The van der Waals surface area contributed by atoms with Gasteiger partial charge in [0.1, 0.15) is 6.04 Å². The van der Waals surface area contributed by atoms with Crippen LogP contribution in [-0.2, 0) is 35.0 Å². The van der Waals surface area contributed by atoms with Gasteiger partial charge >= 0.3 is 5.97 Å². The lowest BCUT2D eigenvalue weighted by atomic mass is 10.1. The first-order valence-electron chi connectivity index (χ1n) is 8.17. The van der Waals surface area contributed by atoms with E-state index in [0.717, 1.165) is 0 Å². The third-order valence-corrected chi connectivity index (χ3v) is 3.56. The van der Waals surface area contributed by atoms with Crippen LogP contribution in [-0.4, -0.2) is 91.4 Å². The molecule has 0 aliphatic heterocycles. The van der Waals surface area contributed by atoms with E-state index in [1.54, 1.807) is 0 Å². The lowest BCUT2D eigenvalue weighted by Gasteiger charge is -2.31. The van der Waals surface area contributed by atoms with Crippen LogP contribution >= 0.6 is 0 Å². The molecule has 1 rings (SSSR count). The van der Waals surface area contributed by atoms with E-state index >= 15 is 0 Å². The summed E-state index contributed by atoms with van der Waals surface area (Å²) in [5.74, 6) is -1.52. The zero-order chi connectivity index (χ0) is 19.4. The molecule has 1 amide bonds. The number of carboxylic acids is 1. The van der Waals surface area contributed by atoms with Crippen LogP contribution in [0.4, 0.5) is 0 Å². The average molecular weight is 373 g/mol. The first-order valence-corrected chi connectivity index (χ1v) is 8.17. The molecule has 26 heavy (non-hydrogen) atoms. The maximum Gasteiger partial charge on any atom is 0.326 e. The number of ether oxygens (including phenoxy) is 4. The molecule has 0 spiro atoms. The number of aliphatic carboxylic acids is 1. The first kappa shape index (κ1) is 22.0. The van der Waals surface area contributed by atoms with Crippen molar-refractivity contribution in [1.29, 1.82) is 0 Å². The summed E-state index contributed by atoms with van der Waals surface area (Å²) in [6.45, 7) is 2.47. The van der Waals surface area contributed by atoms with Crippen LogP contribution in [0.1, 0.15) is 12.6 Å². The number of methoxy groups -OCH3 is 2. The fraction of sp³-hybridized carbons (Fsp3) is 0.688. The van der Waals surface area contributed by atoms with Gasteiger partial charge in [0, 0.05) is 39.5 Å². The molecular formula is C16H27N3O7. The Labute approximate surface area is 152 Å². The number of hydrogen-bond donors (Lipinski definition) is 2. The van der Waals surface area contributed by atoms with Gasteiger partial charge in [-0.3, -0.25) is 4.79 Å². The van der Waals surface area contributed by atoms with Gasteiger partial charge in [-0.05, 0) is 0 Å². The van der Waals surface area contributed by atoms with Crippen molar-refractivity contribution in [3.8, 4) is 0 Å². The quantitative estimate of drug-likeness (QED) is 0.342. The molecule has 0 aliphatic carbocycles. The van der Waals surface area contributed by atoms with E-state index in [4.69, 9.17) is 18.9 Å². The molecule has 148 valence electrons. The Morgan fingerprint density at radius 3 is 2.23 bits per heavy atom. The van der Waals surface area contributed by atoms with Crippen molar-refractivity contribution in [3.05, 3.63) is 18.2 Å². The van der Waals surface area contributed by atoms with Crippen molar-refractivity contribution in [1.82, 2.24) is 14.9 Å². The summed E-state index contributed by atoms with van der Waals surface area (Å²) in [5, 5.41) is 9.58. The second-order valence-corrected chi connectivity index (χ2v) is 5.46. The molecule has 1 aromatic heterocycles. The Morgan fingerprint density at radius 2 is 1.81 bits per heavy atom. The summed E-state index contributed by atoms with van der Waals surface area (Å²) >= 11 is 0. The van der Waals surface area contributed by atoms with Crippen molar-refractivity contribution in [3.63, 3.8) is 0 Å². The standard InChI is InChI=1S/C16H27N3O7/c1-12(20)19(14(16(21)22)8-13-9-17-11-18-13)10-15(25-6-4-23-2)26-7-5-24-3/h9,11,14-15H,4-8,10H2,1-3H3,(H,17,18)(H,21,22). The third kappa shape index (κ3) is 7.91. The molecule has 1 atom stereocenters. The maximum atomic E-state index is 12.1. The van der Waals surface area contributed by atoms with Crippen LogP contribution in [0.2, 0.25) is 0 Å². The number of carboxylic acid groups (broad SMARTS) is 1. The van der Waals surface area contributed by atoms with E-state index in [1.165, 1.54) is 38.6 Å². The highest BCUT2D eigenvalue weighted by atomic mass is 16.7. The number of H-pyrrole nitrogens is 1. The summed E-state index contributed by atoms with van der Waals surface area (Å²) in [6.07, 6.45) is 2.28. The number of nitrogens with one attached hydrogen (secondary N) is 1. The molecule has 0 bridgehead atoms. The molecular weight excluding hydrogens is 346 g/mol. The van der Waals surface area contributed by atoms with Gasteiger partial charge in [0.15, 0.2) is 6.29 Å². The van der Waals surface area contributed by atoms with Gasteiger partial charge in [0.25, 0.3) is 0 Å². The predicted octanol–water partition coefficient (Wildman–Crippen LogP) is -0.0940. The lowest BCUT2D eigenvalue weighted by molar-refractivity contribution is -0.176. The minimum Gasteiger partial charge on any atom is -0.480 e. The third-order valence-electron chi connectivity index (χ3n) is 3.56. The molecule has 1 heterocycles. The van der Waals surface area contributed by atoms with Crippen LogP contribution in [0.3, 0.4) is 0 Å². The number of carbonyl (C=O) groups is 2. The molecule has 1 aromatic rings. The number of aromatic amines is 1. The van der Waals surface area contributed by atoms with Gasteiger partial charge in [0.2, 0.25) is 5.91 Å². The number of amides is 1. The number of nitrogens with zero attached hydrogens (tertiary/aromatic N) is 2. The van der Waals surface area contributed by atoms with Crippen LogP contribution in [0.25, 0.3) is 0 Å². The van der Waals surface area contributed by atoms with Gasteiger partial charge in [0.05, 0.1) is 39.3 Å². The van der Waals surface area contributed by atoms with Gasteiger partial charge in [-0.1, -0.05) is 0 Å². The van der Waals surface area contributed by atoms with E-state index in [1.807, 2.05) is 0 Å². The maximum absolute atomic E-state index is 12.1. The van der Waals surface area contributed by atoms with E-state index in [2.05, 4.69) is 9.97 Å². The molecule has 0 fully saturated rings. The van der Waals surface area contributed by atoms with Crippen LogP contribution in [0.5, 0.6) is 0 Å². The molecule has 0 aromatic carbocycles. The smallest absolute Gasteiger partial charge is 0.326 e. The highest BCUT2D eigenvalue weighted by Gasteiger charge is 2.31. The average Bonchev–Trinajstić information content (AvgIpc) is 3.10. The van der Waals surface area contributed by atoms with Crippen molar-refractivity contribution in [2.24, 2.45) is 0 Å². The second kappa shape index (κ2) is 12.4. The Morgan fingerprint density at radius 1 is 1.19 bits per heavy atom. The summed E-state index contributed by atoms with van der Waals surface area (Å²) < 4.78 is 21.0. The van der Waals surface area contributed by atoms with Crippen molar-refractivity contribution in [2.75, 3.05) is 47.2 Å². The molecule has 0 saturated heterocycles. The van der Waals surface area contributed by atoms with Crippen molar-refractivity contribution >= 4 is 11.9 Å². The number of rotatable bonds is 14. The van der Waals surface area contributed by atoms with Crippen LogP contribution in [0.15, 0.2) is 12.5 Å². The van der Waals surface area contributed by atoms with Gasteiger partial charge in [-0.25, -0.2) is 9.78 Å². The SMILES string of the molecule is COCCOC(CN(C(C)=O)C(Cc1cnc[nH]1)C(=O)O)OCCOC. The Kier molecular flexibility index (Phi) is 10.5. The summed E-state index contributed by atoms with van der Waals surface area (Å²) in [6, 6.07) is -1.08. The highest BCUT2D eigenvalue weighted by Crippen LogP contribution is 2.11. The monoisotopic (exact) mass is 373 g/mol. The molecule has 0 radical (unpaired) electrons. The van der Waals surface area contributed by atoms with Crippen molar-refractivity contribution in [2.45, 2.75) is 25.7 Å². The Hall–Kier alpha value is -2.01. The molecule has 1 unspecified atom stereocenters. The zero-order valence-electron chi connectivity index (χ0n) is 15.3. The van der Waals surface area contributed by atoms with E-state index in [9.17, 15) is 14.7 Å². The number of imidazole rings is 1. The topological polar surface area (TPSA) is 123 Å². The van der Waals surface area contributed by atoms with Crippen LogP contribution in [0, 0.1) is 0 Å². The number of hydrogen-bond acceptors (Lipinski definition) is 7. The van der Waals surface area contributed by atoms with Gasteiger partial charge in [-0.15, -0.1) is 0 Å². The molecule has 10 nitrogen and oxygen atoms in total. The van der Waals surface area contributed by atoms with Crippen LogP contribution < -0.4 is 0 Å². The van der Waals surface area contributed by atoms with Gasteiger partial charge in [-0.2, -0.15) is 0 Å². The molecule has 10 heteroatoms. The minimum atomic E-state index is -1.12. The normalized spacial score (nSPS) is 12.3. The molecule has 0 saturated carbocycles. The largest absolute Gasteiger partial charge is 0.480 e. The highest BCUT2D eigenvalue weighted by molar-refractivity contribution is 5.82. The van der Waals surface area contributed by atoms with E-state index < -0.39 is 24.2 Å². The molecule has 2 N–H and O–H groups in total. The minimum absolute atomic E-state index is 0.0339. The summed E-state index contributed by atoms with van der Waals surface area (Å²) in [5.41, 5.74) is 0.612. The second-order valence-electron chi connectivity index (χ2n) is 5.46. The van der Waals surface area contributed by atoms with Gasteiger partial charge < -0.3 is 33.9 Å². The zero-order valence-corrected chi connectivity index (χ0v) is 15.3. The number of aromatic nitrogens is 2. The lowest BCUT2D eigenvalue weighted by Crippen LogP contribution is -2.50. The molecule has 0 aliphatic rings. The van der Waals surface area contributed by atoms with E-state index in [0.29, 0.717) is 18.9 Å². The first-order chi connectivity index (χ1) is 12.5. The summed E-state index contributed by atoms with van der Waals surface area (Å²) in [4.78, 5) is 31.7. The fourth-order valence-corrected chi connectivity index (χ4v) is 2.25. The van der Waals surface area contributed by atoms with E-state index in [-0.39, 0.29) is 26.2 Å². The summed E-state index contributed by atoms with van der Waals surface area (Å²) in [7, 11) is 3.08. The predicted molar refractivity (Wildman–Crippen MR) is 90.5 cm³/mol. The Balaban J connectivity index is 2.82.